The summed E-state index contributed by atoms with van der Waals surface area (Å²) in [6, 6.07) is 0. The number of rotatable bonds is 6. The lowest BCUT2D eigenvalue weighted by Gasteiger charge is -2.05. The minimum atomic E-state index is 0.528. The van der Waals surface area contributed by atoms with Crippen molar-refractivity contribution >= 4 is 0 Å². The van der Waals surface area contributed by atoms with Crippen molar-refractivity contribution in [2.45, 2.75) is 26.7 Å². The highest BCUT2D eigenvalue weighted by Crippen LogP contribution is 2.11. The lowest BCUT2D eigenvalue weighted by molar-refractivity contribution is 0.277. The van der Waals surface area contributed by atoms with Gasteiger partial charge in [-0.15, -0.1) is 0 Å². The van der Waals surface area contributed by atoms with Crippen LogP contribution < -0.4 is 9.47 Å². The molecule has 4 nitrogen and oxygen atoms in total. The minimum absolute atomic E-state index is 0.528. The van der Waals surface area contributed by atoms with Gasteiger partial charge in [0.1, 0.15) is 0 Å². The van der Waals surface area contributed by atoms with E-state index in [1.54, 1.807) is 12.4 Å². The van der Waals surface area contributed by atoms with Crippen molar-refractivity contribution in [2.75, 3.05) is 13.2 Å². The topological polar surface area (TPSA) is 44.2 Å². The first-order valence-corrected chi connectivity index (χ1v) is 4.94. The molecule has 0 bridgehead atoms. The first-order valence-electron chi connectivity index (χ1n) is 4.94. The molecule has 0 aliphatic rings. The predicted molar refractivity (Wildman–Crippen MR) is 53.6 cm³/mol. The van der Waals surface area contributed by atoms with Crippen molar-refractivity contribution in [2.24, 2.45) is 0 Å². The molecule has 0 fully saturated rings. The summed E-state index contributed by atoms with van der Waals surface area (Å²) in [7, 11) is 0. The van der Waals surface area contributed by atoms with Crippen LogP contribution in [0, 0.1) is 0 Å². The summed E-state index contributed by atoms with van der Waals surface area (Å²) >= 11 is 0. The highest BCUT2D eigenvalue weighted by Gasteiger charge is 1.99. The average Bonchev–Trinajstić information content (AvgIpc) is 2.24. The number of ether oxygens (including phenoxy) is 2. The molecule has 0 aliphatic carbocycles. The molecule has 0 atom stereocenters. The van der Waals surface area contributed by atoms with Crippen molar-refractivity contribution in [3.8, 4) is 11.8 Å². The van der Waals surface area contributed by atoms with Gasteiger partial charge in [0.05, 0.1) is 25.6 Å². The smallest absolute Gasteiger partial charge is 0.235 e. The first kappa shape index (κ1) is 10.8. The van der Waals surface area contributed by atoms with E-state index in [0.29, 0.717) is 25.0 Å². The second-order valence-electron chi connectivity index (χ2n) is 2.89. The van der Waals surface area contributed by atoms with E-state index in [-0.39, 0.29) is 0 Å². The summed E-state index contributed by atoms with van der Waals surface area (Å²) in [5, 5.41) is 0. The van der Waals surface area contributed by atoms with Crippen molar-refractivity contribution in [1.29, 1.82) is 0 Å². The van der Waals surface area contributed by atoms with Crippen molar-refractivity contribution in [3.63, 3.8) is 0 Å². The summed E-state index contributed by atoms with van der Waals surface area (Å²) < 4.78 is 10.6. The standard InChI is InChI=1S/C10H16N2O2/c1-3-5-13-9-7-11-8-10(12-9)14-6-4-2/h7-8H,3-6H2,1-2H3. The van der Waals surface area contributed by atoms with Crippen LogP contribution in [-0.4, -0.2) is 23.2 Å². The predicted octanol–water partition coefficient (Wildman–Crippen LogP) is 2.05. The molecular weight excluding hydrogens is 180 g/mol. The Labute approximate surface area is 84.3 Å². The lowest BCUT2D eigenvalue weighted by atomic mass is 10.5. The average molecular weight is 196 g/mol. The minimum Gasteiger partial charge on any atom is -0.477 e. The van der Waals surface area contributed by atoms with Gasteiger partial charge in [-0.3, -0.25) is 4.98 Å². The van der Waals surface area contributed by atoms with E-state index in [4.69, 9.17) is 9.47 Å². The van der Waals surface area contributed by atoms with E-state index < -0.39 is 0 Å². The molecule has 0 N–H and O–H groups in total. The van der Waals surface area contributed by atoms with Gasteiger partial charge in [0, 0.05) is 0 Å². The molecular formula is C10H16N2O2. The third kappa shape index (κ3) is 3.60. The highest BCUT2D eigenvalue weighted by molar-refractivity contribution is 5.12. The van der Waals surface area contributed by atoms with E-state index in [2.05, 4.69) is 9.97 Å². The van der Waals surface area contributed by atoms with Crippen molar-refractivity contribution < 1.29 is 9.47 Å². The van der Waals surface area contributed by atoms with Gasteiger partial charge >= 0.3 is 0 Å². The maximum atomic E-state index is 5.32. The van der Waals surface area contributed by atoms with Gasteiger partial charge in [0.2, 0.25) is 11.8 Å². The summed E-state index contributed by atoms with van der Waals surface area (Å²) in [6.45, 7) is 5.41. The molecule has 0 saturated carbocycles. The number of hydrogen-bond donors (Lipinski definition) is 0. The van der Waals surface area contributed by atoms with Gasteiger partial charge in [-0.25, -0.2) is 0 Å². The van der Waals surface area contributed by atoms with Crippen LogP contribution in [0.3, 0.4) is 0 Å². The lowest BCUT2D eigenvalue weighted by Crippen LogP contribution is -2.01. The molecule has 0 unspecified atom stereocenters. The Morgan fingerprint density at radius 1 is 1.00 bits per heavy atom. The summed E-state index contributed by atoms with van der Waals surface area (Å²) in [5.41, 5.74) is 0. The van der Waals surface area contributed by atoms with Gasteiger partial charge in [-0.05, 0) is 12.8 Å². The number of aromatic nitrogens is 2. The SMILES string of the molecule is CCCOc1cncc(OCCC)n1. The summed E-state index contributed by atoms with van der Waals surface area (Å²) in [6.07, 6.45) is 5.10. The fourth-order valence-electron chi connectivity index (χ4n) is 0.883. The monoisotopic (exact) mass is 196 g/mol. The number of nitrogens with zero attached hydrogens (tertiary/aromatic N) is 2. The molecule has 0 aromatic carbocycles. The van der Waals surface area contributed by atoms with Crippen LogP contribution in [-0.2, 0) is 0 Å². The van der Waals surface area contributed by atoms with Gasteiger partial charge < -0.3 is 9.47 Å². The number of hydrogen-bond acceptors (Lipinski definition) is 4. The normalized spacial score (nSPS) is 9.86. The van der Waals surface area contributed by atoms with Crippen LogP contribution in [0.5, 0.6) is 11.8 Å². The first-order chi connectivity index (χ1) is 6.86. The Hall–Kier alpha value is -1.32. The van der Waals surface area contributed by atoms with E-state index in [1.165, 1.54) is 0 Å². The summed E-state index contributed by atoms with van der Waals surface area (Å²) in [5.74, 6) is 1.06. The van der Waals surface area contributed by atoms with Crippen LogP contribution in [0.25, 0.3) is 0 Å². The second kappa shape index (κ2) is 6.18. The second-order valence-corrected chi connectivity index (χ2v) is 2.89. The quantitative estimate of drug-likeness (QED) is 0.698. The van der Waals surface area contributed by atoms with Crippen LogP contribution in [0.2, 0.25) is 0 Å². The fraction of sp³-hybridized carbons (Fsp3) is 0.600. The molecule has 0 radical (unpaired) electrons. The van der Waals surface area contributed by atoms with E-state index in [0.717, 1.165) is 12.8 Å². The van der Waals surface area contributed by atoms with Gasteiger partial charge in [-0.2, -0.15) is 4.98 Å². The van der Waals surface area contributed by atoms with Crippen molar-refractivity contribution in [3.05, 3.63) is 12.4 Å². The maximum absolute atomic E-state index is 5.32. The third-order valence-electron chi connectivity index (χ3n) is 1.50. The zero-order valence-corrected chi connectivity index (χ0v) is 8.69. The molecule has 1 rings (SSSR count). The Morgan fingerprint density at radius 2 is 1.50 bits per heavy atom. The zero-order valence-electron chi connectivity index (χ0n) is 8.69. The third-order valence-corrected chi connectivity index (χ3v) is 1.50. The van der Waals surface area contributed by atoms with Gasteiger partial charge in [0.15, 0.2) is 0 Å². The Morgan fingerprint density at radius 3 is 1.93 bits per heavy atom. The van der Waals surface area contributed by atoms with Crippen LogP contribution in [0.4, 0.5) is 0 Å². The van der Waals surface area contributed by atoms with Crippen LogP contribution in [0.1, 0.15) is 26.7 Å². The molecule has 78 valence electrons. The van der Waals surface area contributed by atoms with E-state index in [1.807, 2.05) is 13.8 Å². The largest absolute Gasteiger partial charge is 0.477 e. The molecule has 14 heavy (non-hydrogen) atoms. The van der Waals surface area contributed by atoms with Crippen LogP contribution in [0.15, 0.2) is 12.4 Å². The zero-order chi connectivity index (χ0) is 10.2. The van der Waals surface area contributed by atoms with Gasteiger partial charge in [-0.1, -0.05) is 13.8 Å². The van der Waals surface area contributed by atoms with Crippen LogP contribution >= 0.6 is 0 Å². The van der Waals surface area contributed by atoms with Crippen molar-refractivity contribution in [1.82, 2.24) is 9.97 Å². The molecule has 0 saturated heterocycles. The Kier molecular flexibility index (Phi) is 4.75. The molecule has 0 amide bonds. The molecule has 1 aromatic heterocycles. The Bertz CT molecular complexity index is 243. The molecule has 1 aromatic rings. The maximum Gasteiger partial charge on any atom is 0.235 e. The van der Waals surface area contributed by atoms with E-state index >= 15 is 0 Å². The molecule has 1 heterocycles. The molecule has 0 spiro atoms. The fourth-order valence-corrected chi connectivity index (χ4v) is 0.883. The summed E-state index contributed by atoms with van der Waals surface area (Å²) in [4.78, 5) is 8.12. The van der Waals surface area contributed by atoms with Gasteiger partial charge in [0.25, 0.3) is 0 Å². The molecule has 4 heteroatoms. The highest BCUT2D eigenvalue weighted by atomic mass is 16.5. The van der Waals surface area contributed by atoms with E-state index in [9.17, 15) is 0 Å². The molecule has 0 aliphatic heterocycles. The Balaban J connectivity index is 2.50.